The lowest BCUT2D eigenvalue weighted by Gasteiger charge is -2.38. The van der Waals surface area contributed by atoms with Gasteiger partial charge in [-0.2, -0.15) is 0 Å². The Kier molecular flexibility index (Phi) is 9.65. The third-order valence-electron chi connectivity index (χ3n) is 7.34. The Morgan fingerprint density at radius 2 is 1.62 bits per heavy atom. The quantitative estimate of drug-likeness (QED) is 0.466. The average molecular weight is 509 g/mol. The maximum absolute atomic E-state index is 13.3. The van der Waals surface area contributed by atoms with Crippen LogP contribution in [0.3, 0.4) is 0 Å². The molecule has 0 atom stereocenters. The predicted octanol–water partition coefficient (Wildman–Crippen LogP) is 4.31. The molecule has 1 heterocycles. The van der Waals surface area contributed by atoms with Gasteiger partial charge in [-0.05, 0) is 49.6 Å². The monoisotopic (exact) mass is 508 g/mol. The van der Waals surface area contributed by atoms with Crippen LogP contribution in [0, 0.1) is 5.92 Å². The van der Waals surface area contributed by atoms with E-state index >= 15 is 0 Å². The largest absolute Gasteiger partial charge is 0.495 e. The molecule has 0 aromatic heterocycles. The van der Waals surface area contributed by atoms with E-state index in [2.05, 4.69) is 26.5 Å². The summed E-state index contributed by atoms with van der Waals surface area (Å²) in [5.41, 5.74) is 3.24. The fourth-order valence-corrected chi connectivity index (χ4v) is 5.27. The van der Waals surface area contributed by atoms with Crippen molar-refractivity contribution in [2.75, 3.05) is 68.7 Å². The zero-order valence-electron chi connectivity index (χ0n) is 22.1. The lowest BCUT2D eigenvalue weighted by molar-refractivity contribution is -0.120. The van der Waals surface area contributed by atoms with Gasteiger partial charge in [-0.15, -0.1) is 0 Å². The van der Waals surface area contributed by atoms with Crippen molar-refractivity contribution in [1.29, 1.82) is 0 Å². The summed E-state index contributed by atoms with van der Waals surface area (Å²) in [4.78, 5) is 30.7. The van der Waals surface area contributed by atoms with Gasteiger partial charge in [0.1, 0.15) is 5.75 Å². The molecule has 1 aliphatic carbocycles. The van der Waals surface area contributed by atoms with Gasteiger partial charge in [0.25, 0.3) is 5.91 Å². The molecule has 8 nitrogen and oxygen atoms in total. The van der Waals surface area contributed by atoms with Crippen LogP contribution in [0.5, 0.6) is 5.75 Å². The third-order valence-corrected chi connectivity index (χ3v) is 7.34. The first-order valence-electron chi connectivity index (χ1n) is 13.5. The van der Waals surface area contributed by atoms with E-state index in [9.17, 15) is 9.59 Å². The van der Waals surface area contributed by atoms with E-state index in [1.807, 2.05) is 36.4 Å². The van der Waals surface area contributed by atoms with Crippen molar-refractivity contribution in [1.82, 2.24) is 5.32 Å². The zero-order valence-corrected chi connectivity index (χ0v) is 22.1. The maximum atomic E-state index is 13.3. The Labute approximate surface area is 220 Å². The molecule has 1 saturated carbocycles. The van der Waals surface area contributed by atoms with Crippen LogP contribution in [0.25, 0.3) is 0 Å². The van der Waals surface area contributed by atoms with Crippen LogP contribution in [-0.2, 0) is 9.53 Å². The minimum Gasteiger partial charge on any atom is -0.495 e. The number of anilines is 3. The van der Waals surface area contributed by atoms with Crippen molar-refractivity contribution in [3.05, 3.63) is 48.0 Å². The van der Waals surface area contributed by atoms with Crippen molar-refractivity contribution in [3.63, 3.8) is 0 Å². The minimum atomic E-state index is -0.132. The molecule has 1 aliphatic heterocycles. The van der Waals surface area contributed by atoms with E-state index in [4.69, 9.17) is 9.47 Å². The van der Waals surface area contributed by atoms with E-state index in [1.54, 1.807) is 14.2 Å². The first-order valence-corrected chi connectivity index (χ1v) is 13.5. The van der Waals surface area contributed by atoms with Crippen LogP contribution in [0.4, 0.5) is 17.1 Å². The van der Waals surface area contributed by atoms with E-state index in [-0.39, 0.29) is 17.7 Å². The average Bonchev–Trinajstić information content (AvgIpc) is 2.95. The number of hydrogen-bond acceptors (Lipinski definition) is 6. The number of rotatable bonds is 10. The molecule has 2 amide bonds. The highest BCUT2D eigenvalue weighted by molar-refractivity contribution is 6.02. The van der Waals surface area contributed by atoms with Gasteiger partial charge in [-0.25, -0.2) is 0 Å². The molecule has 0 bridgehead atoms. The lowest BCUT2D eigenvalue weighted by atomic mass is 9.88. The molecule has 0 radical (unpaired) electrons. The predicted molar refractivity (Wildman–Crippen MR) is 148 cm³/mol. The number of para-hydroxylation sites is 2. The van der Waals surface area contributed by atoms with Gasteiger partial charge in [0.05, 0.1) is 18.4 Å². The van der Waals surface area contributed by atoms with Gasteiger partial charge >= 0.3 is 0 Å². The Bertz CT molecular complexity index is 1050. The summed E-state index contributed by atoms with van der Waals surface area (Å²) in [6.45, 7) is 4.30. The van der Waals surface area contributed by atoms with Crippen LogP contribution in [0.15, 0.2) is 42.5 Å². The standard InChI is InChI=1S/C29H40N4O4/c1-36-20-8-15-30-29(35)24-21-23(31-28(34)22-9-4-3-5-10-22)13-14-25(24)32-16-18-33(19-17-32)26-11-6-7-12-27(26)37-2/h6-7,11-14,21-22H,3-5,8-10,15-20H2,1-2H3,(H,30,35)(H,31,34). The number of nitrogens with one attached hydrogen (secondary N) is 2. The van der Waals surface area contributed by atoms with E-state index < -0.39 is 0 Å². The van der Waals surface area contributed by atoms with Crippen molar-refractivity contribution < 1.29 is 19.1 Å². The third kappa shape index (κ3) is 6.95. The normalized spacial score (nSPS) is 16.4. The second kappa shape index (κ2) is 13.3. The summed E-state index contributed by atoms with van der Waals surface area (Å²) in [6, 6.07) is 13.8. The van der Waals surface area contributed by atoms with Gasteiger partial charge in [-0.1, -0.05) is 31.4 Å². The number of carbonyl (C=O) groups is 2. The van der Waals surface area contributed by atoms with Crippen LogP contribution in [0.1, 0.15) is 48.9 Å². The molecule has 200 valence electrons. The molecule has 2 aromatic rings. The molecule has 8 heteroatoms. The number of methoxy groups -OCH3 is 2. The van der Waals surface area contributed by atoms with Gasteiger partial charge in [0.15, 0.2) is 0 Å². The summed E-state index contributed by atoms with van der Waals surface area (Å²) in [5.74, 6) is 0.851. The molecule has 0 spiro atoms. The van der Waals surface area contributed by atoms with Crippen LogP contribution in [0.2, 0.25) is 0 Å². The first kappa shape index (κ1) is 26.8. The van der Waals surface area contributed by atoms with Gasteiger partial charge < -0.3 is 29.9 Å². The summed E-state index contributed by atoms with van der Waals surface area (Å²) in [5, 5.41) is 6.10. The Morgan fingerprint density at radius 3 is 2.32 bits per heavy atom. The van der Waals surface area contributed by atoms with E-state index in [1.165, 1.54) is 6.42 Å². The molecule has 2 aromatic carbocycles. The van der Waals surface area contributed by atoms with Crippen molar-refractivity contribution >= 4 is 28.9 Å². The highest BCUT2D eigenvalue weighted by atomic mass is 16.5. The Balaban J connectivity index is 1.49. The summed E-state index contributed by atoms with van der Waals surface area (Å²) < 4.78 is 10.7. The number of nitrogens with zero attached hydrogens (tertiary/aromatic N) is 2. The van der Waals surface area contributed by atoms with Crippen LogP contribution >= 0.6 is 0 Å². The highest BCUT2D eigenvalue weighted by Crippen LogP contribution is 2.31. The molecule has 4 rings (SSSR count). The van der Waals surface area contributed by atoms with E-state index in [0.29, 0.717) is 24.4 Å². The lowest BCUT2D eigenvalue weighted by Crippen LogP contribution is -2.47. The molecular formula is C29H40N4O4. The van der Waals surface area contributed by atoms with Crippen molar-refractivity contribution in [3.8, 4) is 5.75 Å². The van der Waals surface area contributed by atoms with Gasteiger partial charge in [0, 0.05) is 63.7 Å². The topological polar surface area (TPSA) is 83.1 Å². The number of benzene rings is 2. The van der Waals surface area contributed by atoms with E-state index in [0.717, 1.165) is 75.4 Å². The highest BCUT2D eigenvalue weighted by Gasteiger charge is 2.25. The molecule has 2 N–H and O–H groups in total. The molecule has 2 aliphatic rings. The van der Waals surface area contributed by atoms with Crippen molar-refractivity contribution in [2.24, 2.45) is 5.92 Å². The second-order valence-electron chi connectivity index (χ2n) is 9.80. The smallest absolute Gasteiger partial charge is 0.253 e. The molecule has 37 heavy (non-hydrogen) atoms. The van der Waals surface area contributed by atoms with Crippen molar-refractivity contribution in [2.45, 2.75) is 38.5 Å². The first-order chi connectivity index (χ1) is 18.1. The number of ether oxygens (including phenoxy) is 2. The zero-order chi connectivity index (χ0) is 26.0. The molecule has 0 unspecified atom stereocenters. The van der Waals surface area contributed by atoms with Crippen LogP contribution in [-0.4, -0.2) is 65.4 Å². The number of carbonyl (C=O) groups excluding carboxylic acids is 2. The summed E-state index contributed by atoms with van der Waals surface area (Å²) in [7, 11) is 3.35. The Morgan fingerprint density at radius 1 is 0.919 bits per heavy atom. The Hall–Kier alpha value is -3.26. The molecular weight excluding hydrogens is 468 g/mol. The number of piperazine rings is 1. The number of hydrogen-bond donors (Lipinski definition) is 2. The SMILES string of the molecule is COCCCNC(=O)c1cc(NC(=O)C2CCCCC2)ccc1N1CCN(c2ccccc2OC)CC1. The molecule has 2 fully saturated rings. The second-order valence-corrected chi connectivity index (χ2v) is 9.80. The molecule has 1 saturated heterocycles. The van der Waals surface area contributed by atoms with Crippen LogP contribution < -0.4 is 25.2 Å². The maximum Gasteiger partial charge on any atom is 0.253 e. The van der Waals surface area contributed by atoms with Gasteiger partial charge in [-0.3, -0.25) is 9.59 Å². The minimum absolute atomic E-state index is 0.0582. The summed E-state index contributed by atoms with van der Waals surface area (Å²) in [6.07, 6.45) is 6.03. The summed E-state index contributed by atoms with van der Waals surface area (Å²) >= 11 is 0. The fraction of sp³-hybridized carbons (Fsp3) is 0.517. The fourth-order valence-electron chi connectivity index (χ4n) is 5.27. The van der Waals surface area contributed by atoms with Gasteiger partial charge in [0.2, 0.25) is 5.91 Å². The number of amides is 2.